The Morgan fingerprint density at radius 3 is 2.13 bits per heavy atom. The van der Waals surface area contributed by atoms with Gasteiger partial charge in [0, 0.05) is 42.2 Å². The third-order valence-corrected chi connectivity index (χ3v) is 10.1. The highest BCUT2D eigenvalue weighted by Crippen LogP contribution is 2.41. The predicted octanol–water partition coefficient (Wildman–Crippen LogP) is 11.8. The molecule has 10 rings (SSSR count). The Hall–Kier alpha value is -5.71. The van der Waals surface area contributed by atoms with Gasteiger partial charge in [0.25, 0.3) is 0 Å². The third kappa shape index (κ3) is 3.73. The van der Waals surface area contributed by atoms with Crippen LogP contribution in [-0.4, -0.2) is 9.55 Å². The first kappa shape index (κ1) is 24.7. The zero-order chi connectivity index (χ0) is 29.5. The van der Waals surface area contributed by atoms with Crippen molar-refractivity contribution in [1.82, 2.24) is 9.55 Å². The van der Waals surface area contributed by atoms with Crippen molar-refractivity contribution in [3.05, 3.63) is 146 Å². The Labute approximate surface area is 262 Å². The molecule has 0 unspecified atom stereocenters. The molecule has 0 bridgehead atoms. The summed E-state index contributed by atoms with van der Waals surface area (Å²) < 4.78 is 11.2. The van der Waals surface area contributed by atoms with E-state index in [2.05, 4.69) is 150 Å². The summed E-state index contributed by atoms with van der Waals surface area (Å²) in [5, 5.41) is 7.38. The lowest BCUT2D eigenvalue weighted by atomic mass is 10.0. The standard InChI is InChI=1S/C41H24N2OS/c1-2-8-25(9-3-1)29-16-19-32-38(24-29)45-37-21-20-36-40(39(32)37)42-41(44-36)26-14-17-30(18-15-26)43-34-13-7-6-12-31(34)33-22-27-10-4-5-11-28(27)23-35(33)43/h1-24H. The third-order valence-electron chi connectivity index (χ3n) is 9.01. The van der Waals surface area contributed by atoms with Crippen LogP contribution in [0.3, 0.4) is 0 Å². The molecule has 10 aromatic rings. The van der Waals surface area contributed by atoms with Crippen LogP contribution in [0.5, 0.6) is 0 Å². The Bertz CT molecular complexity index is 2750. The van der Waals surface area contributed by atoms with Crippen molar-refractivity contribution in [1.29, 1.82) is 0 Å². The fraction of sp³-hybridized carbons (Fsp3) is 0. The van der Waals surface area contributed by atoms with Crippen LogP contribution >= 0.6 is 11.3 Å². The van der Waals surface area contributed by atoms with E-state index in [-0.39, 0.29) is 0 Å². The summed E-state index contributed by atoms with van der Waals surface area (Å²) in [6, 6.07) is 51.9. The second kappa shape index (κ2) is 9.39. The van der Waals surface area contributed by atoms with Gasteiger partial charge in [0.05, 0.1) is 11.0 Å². The molecular formula is C41H24N2OS. The zero-order valence-corrected chi connectivity index (χ0v) is 24.9. The van der Waals surface area contributed by atoms with E-state index in [0.29, 0.717) is 5.89 Å². The van der Waals surface area contributed by atoms with E-state index >= 15 is 0 Å². The quantitative estimate of drug-likeness (QED) is 0.204. The summed E-state index contributed by atoms with van der Waals surface area (Å²) in [5.41, 5.74) is 8.64. The number of nitrogens with zero attached hydrogens (tertiary/aromatic N) is 2. The van der Waals surface area contributed by atoms with Gasteiger partial charge < -0.3 is 8.98 Å². The van der Waals surface area contributed by atoms with E-state index in [1.165, 1.54) is 58.5 Å². The number of benzene rings is 7. The monoisotopic (exact) mass is 592 g/mol. The van der Waals surface area contributed by atoms with Crippen LogP contribution in [0.25, 0.3) is 92.1 Å². The van der Waals surface area contributed by atoms with Crippen LogP contribution in [-0.2, 0) is 0 Å². The molecule has 3 nitrogen and oxygen atoms in total. The van der Waals surface area contributed by atoms with Gasteiger partial charge in [-0.05, 0) is 82.6 Å². The fourth-order valence-corrected chi connectivity index (χ4v) is 8.02. The fourth-order valence-electron chi connectivity index (χ4n) is 6.87. The summed E-state index contributed by atoms with van der Waals surface area (Å²) in [6.07, 6.45) is 0. The van der Waals surface area contributed by atoms with Crippen molar-refractivity contribution < 1.29 is 4.42 Å². The van der Waals surface area contributed by atoms with Crippen molar-refractivity contribution >= 4 is 75.2 Å². The minimum absolute atomic E-state index is 0.637. The first-order valence-electron chi connectivity index (χ1n) is 15.1. The molecule has 0 aliphatic rings. The van der Waals surface area contributed by atoms with Gasteiger partial charge in [0.2, 0.25) is 5.89 Å². The average Bonchev–Trinajstić information content (AvgIpc) is 3.79. The van der Waals surface area contributed by atoms with Gasteiger partial charge in [0.1, 0.15) is 5.52 Å². The van der Waals surface area contributed by atoms with Crippen LogP contribution in [0.2, 0.25) is 0 Å². The van der Waals surface area contributed by atoms with E-state index in [1.807, 2.05) is 11.3 Å². The molecule has 7 aromatic carbocycles. The lowest BCUT2D eigenvalue weighted by Gasteiger charge is -2.09. The predicted molar refractivity (Wildman–Crippen MR) is 190 cm³/mol. The molecule has 3 aromatic heterocycles. The number of hydrogen-bond acceptors (Lipinski definition) is 3. The molecule has 3 heterocycles. The number of thiophene rings is 1. The SMILES string of the molecule is c1ccc(-c2ccc3c(c2)sc2ccc4oc(-c5ccc(-n6c7ccccc7c7cc8ccccc8cc76)cc5)nc4c23)cc1. The molecule has 45 heavy (non-hydrogen) atoms. The zero-order valence-electron chi connectivity index (χ0n) is 24.1. The lowest BCUT2D eigenvalue weighted by molar-refractivity contribution is 0.620. The minimum atomic E-state index is 0.637. The van der Waals surface area contributed by atoms with Gasteiger partial charge in [-0.1, -0.05) is 84.9 Å². The Balaban J connectivity index is 1.09. The van der Waals surface area contributed by atoms with E-state index in [1.54, 1.807) is 0 Å². The Morgan fingerprint density at radius 2 is 1.27 bits per heavy atom. The summed E-state index contributed by atoms with van der Waals surface area (Å²) in [5.74, 6) is 0.637. The summed E-state index contributed by atoms with van der Waals surface area (Å²) in [4.78, 5) is 5.07. The number of rotatable bonds is 3. The number of hydrogen-bond donors (Lipinski definition) is 0. The van der Waals surface area contributed by atoms with Crippen LogP contribution < -0.4 is 0 Å². The molecule has 0 spiro atoms. The molecule has 0 aliphatic carbocycles. The first-order valence-corrected chi connectivity index (χ1v) is 15.9. The van der Waals surface area contributed by atoms with Gasteiger partial charge >= 0.3 is 0 Å². The number of aromatic nitrogens is 2. The molecule has 4 heteroatoms. The van der Waals surface area contributed by atoms with Crippen molar-refractivity contribution in [3.63, 3.8) is 0 Å². The van der Waals surface area contributed by atoms with Crippen molar-refractivity contribution in [3.8, 4) is 28.3 Å². The number of para-hydroxylation sites is 1. The van der Waals surface area contributed by atoms with Crippen molar-refractivity contribution in [2.24, 2.45) is 0 Å². The van der Waals surface area contributed by atoms with E-state index in [4.69, 9.17) is 9.40 Å². The second-order valence-electron chi connectivity index (χ2n) is 11.6. The number of oxazole rings is 1. The summed E-state index contributed by atoms with van der Waals surface area (Å²) >= 11 is 1.81. The highest BCUT2D eigenvalue weighted by molar-refractivity contribution is 7.26. The molecule has 0 amide bonds. The Morgan fingerprint density at radius 1 is 0.511 bits per heavy atom. The number of fused-ring (bicyclic) bond motifs is 9. The van der Waals surface area contributed by atoms with Crippen LogP contribution in [0.1, 0.15) is 0 Å². The Kier molecular flexibility index (Phi) is 5.16. The van der Waals surface area contributed by atoms with E-state index in [0.717, 1.165) is 27.7 Å². The van der Waals surface area contributed by atoms with Crippen LogP contribution in [0.4, 0.5) is 0 Å². The van der Waals surface area contributed by atoms with Crippen molar-refractivity contribution in [2.75, 3.05) is 0 Å². The molecule has 0 aliphatic heterocycles. The molecule has 0 N–H and O–H groups in total. The van der Waals surface area contributed by atoms with E-state index < -0.39 is 0 Å². The van der Waals surface area contributed by atoms with Gasteiger partial charge in [-0.15, -0.1) is 11.3 Å². The molecule has 0 fully saturated rings. The minimum Gasteiger partial charge on any atom is -0.436 e. The van der Waals surface area contributed by atoms with Gasteiger partial charge in [0.15, 0.2) is 5.58 Å². The molecule has 0 radical (unpaired) electrons. The molecular weight excluding hydrogens is 569 g/mol. The topological polar surface area (TPSA) is 31.0 Å². The van der Waals surface area contributed by atoms with Gasteiger partial charge in [-0.25, -0.2) is 4.98 Å². The van der Waals surface area contributed by atoms with E-state index in [9.17, 15) is 0 Å². The second-order valence-corrected chi connectivity index (χ2v) is 12.7. The first-order chi connectivity index (χ1) is 22.3. The van der Waals surface area contributed by atoms with Crippen LogP contribution in [0, 0.1) is 0 Å². The van der Waals surface area contributed by atoms with Crippen LogP contribution in [0.15, 0.2) is 150 Å². The smallest absolute Gasteiger partial charge is 0.227 e. The summed E-state index contributed by atoms with van der Waals surface area (Å²) in [7, 11) is 0. The van der Waals surface area contributed by atoms with Gasteiger partial charge in [-0.2, -0.15) is 0 Å². The van der Waals surface area contributed by atoms with Crippen molar-refractivity contribution in [2.45, 2.75) is 0 Å². The maximum Gasteiger partial charge on any atom is 0.227 e. The maximum atomic E-state index is 6.38. The highest BCUT2D eigenvalue weighted by atomic mass is 32.1. The normalized spacial score (nSPS) is 12.0. The maximum absolute atomic E-state index is 6.38. The highest BCUT2D eigenvalue weighted by Gasteiger charge is 2.17. The molecule has 0 saturated heterocycles. The lowest BCUT2D eigenvalue weighted by Crippen LogP contribution is -1.93. The largest absolute Gasteiger partial charge is 0.436 e. The molecule has 0 saturated carbocycles. The van der Waals surface area contributed by atoms with Gasteiger partial charge in [-0.3, -0.25) is 0 Å². The molecule has 0 atom stereocenters. The average molecular weight is 593 g/mol. The molecule has 210 valence electrons. The summed E-state index contributed by atoms with van der Waals surface area (Å²) in [6.45, 7) is 0.